The maximum atomic E-state index is 11.9. The number of hydrogen-bond donors (Lipinski definition) is 3. The molecule has 0 aliphatic rings. The van der Waals surface area contributed by atoms with E-state index >= 15 is 0 Å². The summed E-state index contributed by atoms with van der Waals surface area (Å²) >= 11 is 0. The first-order chi connectivity index (χ1) is 11.9. The Morgan fingerprint density at radius 3 is 2.24 bits per heavy atom. The van der Waals surface area contributed by atoms with E-state index in [2.05, 4.69) is 22.8 Å². The molecule has 0 atom stereocenters. The van der Waals surface area contributed by atoms with Crippen molar-refractivity contribution in [2.24, 2.45) is 5.73 Å². The van der Waals surface area contributed by atoms with Crippen LogP contribution in [0.2, 0.25) is 0 Å². The smallest absolute Gasteiger partial charge is 0.242 e. The lowest BCUT2D eigenvalue weighted by molar-refractivity contribution is -0.128. The Hall–Kier alpha value is -2.82. The third-order valence-electron chi connectivity index (χ3n) is 3.87. The number of amides is 2. The van der Waals surface area contributed by atoms with Gasteiger partial charge < -0.3 is 16.4 Å². The Labute approximate surface area is 148 Å². The molecular formula is C20H24N3O2. The highest BCUT2D eigenvalue weighted by Gasteiger charge is 2.26. The van der Waals surface area contributed by atoms with Crippen LogP contribution in [0.5, 0.6) is 0 Å². The van der Waals surface area contributed by atoms with Crippen molar-refractivity contribution in [1.82, 2.24) is 5.32 Å². The summed E-state index contributed by atoms with van der Waals surface area (Å²) in [5, 5.41) is 5.95. The molecule has 5 nitrogen and oxygen atoms in total. The highest BCUT2D eigenvalue weighted by molar-refractivity contribution is 5.93. The van der Waals surface area contributed by atoms with Crippen LogP contribution >= 0.6 is 0 Å². The molecule has 0 bridgehead atoms. The molecule has 131 valence electrons. The van der Waals surface area contributed by atoms with E-state index in [0.717, 1.165) is 17.8 Å². The average molecular weight is 338 g/mol. The lowest BCUT2D eigenvalue weighted by atomic mass is 10.0. The lowest BCUT2D eigenvalue weighted by Gasteiger charge is -2.22. The van der Waals surface area contributed by atoms with E-state index in [0.29, 0.717) is 6.42 Å². The topological polar surface area (TPSA) is 84.2 Å². The summed E-state index contributed by atoms with van der Waals surface area (Å²) in [6, 6.07) is 18.1. The Bertz CT molecular complexity index is 709. The van der Waals surface area contributed by atoms with Crippen molar-refractivity contribution in [3.8, 4) is 0 Å². The molecule has 1 radical (unpaired) electrons. The quantitative estimate of drug-likeness (QED) is 0.691. The van der Waals surface area contributed by atoms with E-state index in [9.17, 15) is 9.59 Å². The van der Waals surface area contributed by atoms with Crippen LogP contribution in [-0.4, -0.2) is 17.4 Å². The van der Waals surface area contributed by atoms with Gasteiger partial charge in [-0.1, -0.05) is 42.5 Å². The van der Waals surface area contributed by atoms with Gasteiger partial charge in [0.05, 0.1) is 6.42 Å². The van der Waals surface area contributed by atoms with Crippen LogP contribution in [0.15, 0.2) is 54.6 Å². The lowest BCUT2D eigenvalue weighted by Crippen LogP contribution is -2.53. The molecule has 2 aromatic rings. The number of rotatable bonds is 8. The maximum Gasteiger partial charge on any atom is 0.242 e. The first-order valence-electron chi connectivity index (χ1n) is 8.19. The van der Waals surface area contributed by atoms with Gasteiger partial charge in [-0.2, -0.15) is 0 Å². The van der Waals surface area contributed by atoms with Gasteiger partial charge in [0, 0.05) is 12.2 Å². The molecule has 0 heterocycles. The van der Waals surface area contributed by atoms with Crippen LogP contribution in [0.1, 0.15) is 25.0 Å². The number of carbonyl (C=O) groups is 2. The molecular weight excluding hydrogens is 314 g/mol. The zero-order valence-electron chi connectivity index (χ0n) is 14.6. The summed E-state index contributed by atoms with van der Waals surface area (Å²) in [5.41, 5.74) is 7.43. The SMILES string of the molecule is CC(C)(NC(=O)[CH]Cc1ccc(NCc2ccccc2)cc1)C(N)=O. The van der Waals surface area contributed by atoms with E-state index in [1.165, 1.54) is 12.0 Å². The third kappa shape index (κ3) is 5.95. The van der Waals surface area contributed by atoms with Gasteiger partial charge in [0.2, 0.25) is 11.8 Å². The number of hydrogen-bond acceptors (Lipinski definition) is 3. The highest BCUT2D eigenvalue weighted by atomic mass is 16.2. The summed E-state index contributed by atoms with van der Waals surface area (Å²) in [6.07, 6.45) is 2.00. The predicted molar refractivity (Wildman–Crippen MR) is 99.6 cm³/mol. The molecule has 0 aromatic heterocycles. The molecule has 0 spiro atoms. The Balaban J connectivity index is 1.80. The first kappa shape index (κ1) is 18.5. The van der Waals surface area contributed by atoms with Crippen molar-refractivity contribution >= 4 is 17.5 Å². The molecule has 5 heteroatoms. The van der Waals surface area contributed by atoms with Gasteiger partial charge in [-0.3, -0.25) is 9.59 Å². The van der Waals surface area contributed by atoms with E-state index in [-0.39, 0.29) is 5.91 Å². The second-order valence-corrected chi connectivity index (χ2v) is 6.42. The fraction of sp³-hybridized carbons (Fsp3) is 0.250. The van der Waals surface area contributed by atoms with E-state index in [1.54, 1.807) is 13.8 Å². The van der Waals surface area contributed by atoms with E-state index < -0.39 is 11.4 Å². The maximum absolute atomic E-state index is 11.9. The van der Waals surface area contributed by atoms with Gasteiger partial charge in [0.1, 0.15) is 5.54 Å². The van der Waals surface area contributed by atoms with Crippen molar-refractivity contribution in [1.29, 1.82) is 0 Å². The number of nitrogens with one attached hydrogen (secondary N) is 2. The van der Waals surface area contributed by atoms with E-state index in [4.69, 9.17) is 5.73 Å². The van der Waals surface area contributed by atoms with Gasteiger partial charge in [0.15, 0.2) is 0 Å². The summed E-state index contributed by atoms with van der Waals surface area (Å²) in [5.74, 6) is -0.877. The summed E-state index contributed by atoms with van der Waals surface area (Å²) in [7, 11) is 0. The molecule has 2 rings (SSSR count). The number of benzene rings is 2. The summed E-state index contributed by atoms with van der Waals surface area (Å²) in [6.45, 7) is 3.92. The molecule has 0 saturated heterocycles. The number of primary amides is 1. The van der Waals surface area contributed by atoms with Crippen LogP contribution in [0.3, 0.4) is 0 Å². The summed E-state index contributed by atoms with van der Waals surface area (Å²) in [4.78, 5) is 23.1. The van der Waals surface area contributed by atoms with Crippen molar-refractivity contribution in [2.75, 3.05) is 5.32 Å². The van der Waals surface area contributed by atoms with Gasteiger partial charge in [-0.05, 0) is 43.5 Å². The van der Waals surface area contributed by atoms with Crippen LogP contribution in [0, 0.1) is 6.42 Å². The largest absolute Gasteiger partial charge is 0.381 e. The van der Waals surface area contributed by atoms with Gasteiger partial charge >= 0.3 is 0 Å². The van der Waals surface area contributed by atoms with Crippen LogP contribution < -0.4 is 16.4 Å². The monoisotopic (exact) mass is 338 g/mol. The van der Waals surface area contributed by atoms with Crippen LogP contribution in [0.4, 0.5) is 5.69 Å². The minimum absolute atomic E-state index is 0.310. The zero-order chi connectivity index (χ0) is 18.3. The molecule has 0 aliphatic carbocycles. The fourth-order valence-electron chi connectivity index (χ4n) is 2.19. The minimum atomic E-state index is -1.06. The summed E-state index contributed by atoms with van der Waals surface area (Å²) < 4.78 is 0. The normalized spacial score (nSPS) is 11.0. The molecule has 0 aliphatic heterocycles. The zero-order valence-corrected chi connectivity index (χ0v) is 14.6. The van der Waals surface area contributed by atoms with Crippen molar-refractivity contribution < 1.29 is 9.59 Å². The Kier molecular flexibility index (Phi) is 6.17. The van der Waals surface area contributed by atoms with E-state index in [1.807, 2.05) is 42.5 Å². The van der Waals surface area contributed by atoms with Crippen LogP contribution in [0.25, 0.3) is 0 Å². The second kappa shape index (κ2) is 8.33. The number of carbonyl (C=O) groups excluding carboxylic acids is 2. The van der Waals surface area contributed by atoms with Gasteiger partial charge in [-0.15, -0.1) is 0 Å². The van der Waals surface area contributed by atoms with Gasteiger partial charge in [-0.25, -0.2) is 0 Å². The molecule has 25 heavy (non-hydrogen) atoms. The minimum Gasteiger partial charge on any atom is -0.381 e. The fourth-order valence-corrected chi connectivity index (χ4v) is 2.19. The van der Waals surface area contributed by atoms with Crippen molar-refractivity contribution in [3.63, 3.8) is 0 Å². The third-order valence-corrected chi connectivity index (χ3v) is 3.87. The second-order valence-electron chi connectivity index (χ2n) is 6.42. The highest BCUT2D eigenvalue weighted by Crippen LogP contribution is 2.13. The van der Waals surface area contributed by atoms with Gasteiger partial charge in [0.25, 0.3) is 0 Å². The molecule has 0 saturated carbocycles. The Morgan fingerprint density at radius 1 is 1.00 bits per heavy atom. The van der Waals surface area contributed by atoms with Crippen LogP contribution in [-0.2, 0) is 22.6 Å². The Morgan fingerprint density at radius 2 is 1.64 bits per heavy atom. The van der Waals surface area contributed by atoms with Crippen molar-refractivity contribution in [2.45, 2.75) is 32.4 Å². The first-order valence-corrected chi connectivity index (χ1v) is 8.19. The average Bonchev–Trinajstić information content (AvgIpc) is 2.59. The molecule has 2 aromatic carbocycles. The standard InChI is InChI=1S/C20H24N3O2/c1-20(2,19(21)25)23-18(24)13-10-15-8-11-17(12-9-15)22-14-16-6-4-3-5-7-16/h3-9,11-13,22H,10,14H2,1-2H3,(H2,21,25)(H,23,24). The molecule has 2 amide bonds. The number of nitrogens with two attached hydrogens (primary N) is 1. The van der Waals surface area contributed by atoms with Crippen molar-refractivity contribution in [3.05, 3.63) is 72.1 Å². The molecule has 0 unspecified atom stereocenters. The predicted octanol–water partition coefficient (Wildman–Crippen LogP) is 2.43. The molecule has 4 N–H and O–H groups in total. The molecule has 0 fully saturated rings. The number of anilines is 1.